The van der Waals surface area contributed by atoms with Gasteiger partial charge in [0, 0.05) is 0 Å². The van der Waals surface area contributed by atoms with Crippen LogP contribution in [-0.2, 0) is 4.79 Å². The fourth-order valence-electron chi connectivity index (χ4n) is 0.830. The van der Waals surface area contributed by atoms with E-state index in [1.54, 1.807) is 18.2 Å². The minimum Gasteiger partial charge on any atom is -0.490 e. The Bertz CT molecular complexity index is 368. The highest BCUT2D eigenvalue weighted by Gasteiger charge is 2.15. The second-order valence-electron chi connectivity index (χ2n) is 2.67. The number of rotatable bonds is 4. The van der Waals surface area contributed by atoms with Crippen molar-refractivity contribution in [3.05, 3.63) is 28.2 Å². The molecule has 6 heteroatoms. The normalized spacial score (nSPS) is 12.2. The number of hydrogen-bond acceptors (Lipinski definition) is 2. The molecule has 0 aliphatic heterocycles. The lowest BCUT2D eigenvalue weighted by molar-refractivity contribution is -0.137. The maximum atomic E-state index is 10.4. The lowest BCUT2D eigenvalue weighted by Gasteiger charge is -2.09. The molecular weight excluding hydrogens is 262 g/mol. The summed E-state index contributed by atoms with van der Waals surface area (Å²) in [5.74, 6) is -0.828. The molecule has 1 rings (SSSR count). The van der Waals surface area contributed by atoms with Crippen LogP contribution in [-0.4, -0.2) is 23.1 Å². The van der Waals surface area contributed by atoms with Crippen molar-refractivity contribution in [3.8, 4) is 5.75 Å². The Morgan fingerprint density at radius 1 is 1.47 bits per heavy atom. The van der Waals surface area contributed by atoms with Gasteiger partial charge in [-0.1, -0.05) is 29.3 Å². The van der Waals surface area contributed by atoms with Crippen LogP contribution < -0.4 is 4.74 Å². The predicted molar refractivity (Wildman–Crippen MR) is 59.2 cm³/mol. The first-order valence-corrected chi connectivity index (χ1v) is 5.15. The van der Waals surface area contributed by atoms with Crippen molar-refractivity contribution in [2.75, 3.05) is 6.61 Å². The summed E-state index contributed by atoms with van der Waals surface area (Å²) in [6, 6.07) is 4.83. The van der Waals surface area contributed by atoms with E-state index in [1.807, 2.05) is 0 Å². The van der Waals surface area contributed by atoms with Crippen molar-refractivity contribution in [3.63, 3.8) is 0 Å². The molecule has 1 aromatic carbocycles. The van der Waals surface area contributed by atoms with Crippen molar-refractivity contribution in [2.24, 2.45) is 0 Å². The third kappa shape index (κ3) is 3.45. The van der Waals surface area contributed by atoms with Crippen LogP contribution in [0, 0.1) is 0 Å². The highest BCUT2D eigenvalue weighted by Crippen LogP contribution is 2.31. The monoisotopic (exact) mass is 268 g/mol. The molecule has 0 heterocycles. The Morgan fingerprint density at radius 2 is 2.13 bits per heavy atom. The number of carboxylic acid groups (broad SMARTS) is 1. The van der Waals surface area contributed by atoms with Crippen molar-refractivity contribution in [1.29, 1.82) is 0 Å². The van der Waals surface area contributed by atoms with Gasteiger partial charge in [-0.3, -0.25) is 4.79 Å². The zero-order valence-electron chi connectivity index (χ0n) is 7.41. The Balaban J connectivity index is 2.66. The van der Waals surface area contributed by atoms with E-state index in [-0.39, 0.29) is 11.6 Å². The largest absolute Gasteiger partial charge is 0.490 e. The maximum Gasteiger partial charge on any atom is 0.325 e. The first kappa shape index (κ1) is 12.4. The molecule has 0 radical (unpaired) electrons. The second-order valence-corrected chi connectivity index (χ2v) is 3.98. The van der Waals surface area contributed by atoms with Gasteiger partial charge in [-0.25, -0.2) is 0 Å². The van der Waals surface area contributed by atoms with Gasteiger partial charge in [-0.2, -0.15) is 0 Å². The summed E-state index contributed by atoms with van der Waals surface area (Å²) >= 11 is 17.0. The van der Waals surface area contributed by atoms with Gasteiger partial charge in [0.25, 0.3) is 0 Å². The first-order valence-electron chi connectivity index (χ1n) is 3.96. The van der Waals surface area contributed by atoms with Crippen LogP contribution in [0.15, 0.2) is 18.2 Å². The molecule has 0 aromatic heterocycles. The number of halogens is 3. The third-order valence-electron chi connectivity index (χ3n) is 1.57. The summed E-state index contributed by atoms with van der Waals surface area (Å²) < 4.78 is 5.11. The molecule has 0 saturated heterocycles. The van der Waals surface area contributed by atoms with E-state index in [2.05, 4.69) is 0 Å². The summed E-state index contributed by atoms with van der Waals surface area (Å²) in [6.07, 6.45) is 0. The number of hydrogen-bond donors (Lipinski definition) is 1. The highest BCUT2D eigenvalue weighted by atomic mass is 35.5. The summed E-state index contributed by atoms with van der Waals surface area (Å²) in [6.45, 7) is -0.170. The molecule has 1 unspecified atom stereocenters. The van der Waals surface area contributed by atoms with Crippen LogP contribution in [0.2, 0.25) is 10.0 Å². The Kier molecular flexibility index (Phi) is 4.51. The molecule has 0 spiro atoms. The molecule has 0 bridgehead atoms. The van der Waals surface area contributed by atoms with E-state index >= 15 is 0 Å². The fraction of sp³-hybridized carbons (Fsp3) is 0.222. The average Bonchev–Trinajstić information content (AvgIpc) is 2.19. The van der Waals surface area contributed by atoms with Crippen molar-refractivity contribution >= 4 is 40.8 Å². The summed E-state index contributed by atoms with van der Waals surface area (Å²) in [7, 11) is 0. The van der Waals surface area contributed by atoms with E-state index in [1.165, 1.54) is 0 Å². The summed E-state index contributed by atoms with van der Waals surface area (Å²) in [4.78, 5) is 10.4. The standard InChI is InChI=1S/C9H7Cl3O3/c10-5-2-1-3-7(8(5)12)15-4-6(11)9(13)14/h1-3,6H,4H2,(H,13,14). The maximum absolute atomic E-state index is 10.4. The number of ether oxygens (including phenoxy) is 1. The Hall–Kier alpha value is -0.640. The van der Waals surface area contributed by atoms with Crippen molar-refractivity contribution in [1.82, 2.24) is 0 Å². The highest BCUT2D eigenvalue weighted by molar-refractivity contribution is 6.42. The Morgan fingerprint density at radius 3 is 2.73 bits per heavy atom. The molecule has 0 aliphatic rings. The van der Waals surface area contributed by atoms with Gasteiger partial charge >= 0.3 is 5.97 Å². The molecule has 0 fully saturated rings. The average molecular weight is 270 g/mol. The Labute approximate surface area is 102 Å². The molecule has 1 atom stereocenters. The molecule has 15 heavy (non-hydrogen) atoms. The molecule has 0 aliphatic carbocycles. The van der Waals surface area contributed by atoms with E-state index < -0.39 is 11.3 Å². The molecule has 3 nitrogen and oxygen atoms in total. The summed E-state index contributed by atoms with van der Waals surface area (Å²) in [5.41, 5.74) is 0. The minimum absolute atomic E-state index is 0.170. The van der Waals surface area contributed by atoms with Crippen LogP contribution in [0.5, 0.6) is 5.75 Å². The lowest BCUT2D eigenvalue weighted by atomic mass is 10.3. The molecule has 1 aromatic rings. The minimum atomic E-state index is -1.14. The van der Waals surface area contributed by atoms with Gasteiger partial charge in [-0.05, 0) is 12.1 Å². The topological polar surface area (TPSA) is 46.5 Å². The lowest BCUT2D eigenvalue weighted by Crippen LogP contribution is -2.21. The van der Waals surface area contributed by atoms with Crippen LogP contribution in [0.3, 0.4) is 0 Å². The van der Waals surface area contributed by atoms with Crippen LogP contribution in [0.25, 0.3) is 0 Å². The molecule has 0 saturated carbocycles. The smallest absolute Gasteiger partial charge is 0.325 e. The van der Waals surface area contributed by atoms with Gasteiger partial charge in [0.15, 0.2) is 5.38 Å². The first-order chi connectivity index (χ1) is 7.02. The van der Waals surface area contributed by atoms with E-state index in [0.29, 0.717) is 10.8 Å². The van der Waals surface area contributed by atoms with Crippen LogP contribution >= 0.6 is 34.8 Å². The van der Waals surface area contributed by atoms with Gasteiger partial charge in [-0.15, -0.1) is 11.6 Å². The van der Waals surface area contributed by atoms with Gasteiger partial charge < -0.3 is 9.84 Å². The fourth-order valence-corrected chi connectivity index (χ4v) is 1.24. The van der Waals surface area contributed by atoms with Crippen LogP contribution in [0.4, 0.5) is 0 Å². The number of carboxylic acids is 1. The van der Waals surface area contributed by atoms with Gasteiger partial charge in [0.1, 0.15) is 17.4 Å². The zero-order chi connectivity index (χ0) is 11.4. The third-order valence-corrected chi connectivity index (χ3v) is 2.68. The molecular formula is C9H7Cl3O3. The van der Waals surface area contributed by atoms with Crippen molar-refractivity contribution in [2.45, 2.75) is 5.38 Å². The number of alkyl halides is 1. The van der Waals surface area contributed by atoms with Gasteiger partial charge in [0.05, 0.1) is 5.02 Å². The van der Waals surface area contributed by atoms with Gasteiger partial charge in [0.2, 0.25) is 0 Å². The zero-order valence-corrected chi connectivity index (χ0v) is 9.68. The van der Waals surface area contributed by atoms with Crippen molar-refractivity contribution < 1.29 is 14.6 Å². The summed E-state index contributed by atoms with van der Waals surface area (Å²) in [5, 5.41) is 7.99. The number of aliphatic carboxylic acids is 1. The quantitative estimate of drug-likeness (QED) is 0.855. The number of carbonyl (C=O) groups is 1. The van der Waals surface area contributed by atoms with E-state index in [0.717, 1.165) is 0 Å². The SMILES string of the molecule is O=C(O)C(Cl)COc1cccc(Cl)c1Cl. The van der Waals surface area contributed by atoms with E-state index in [4.69, 9.17) is 44.6 Å². The second kappa shape index (κ2) is 5.45. The molecule has 0 amide bonds. The van der Waals surface area contributed by atoms with Crippen LogP contribution in [0.1, 0.15) is 0 Å². The van der Waals surface area contributed by atoms with E-state index in [9.17, 15) is 4.79 Å². The molecule has 82 valence electrons. The number of benzene rings is 1. The predicted octanol–water partition coefficient (Wildman–Crippen LogP) is 3.06. The molecule has 1 N–H and O–H groups in total.